The van der Waals surface area contributed by atoms with Gasteiger partial charge in [-0.2, -0.15) is 4.98 Å². The van der Waals surface area contributed by atoms with Crippen LogP contribution in [0.1, 0.15) is 11.4 Å². The highest BCUT2D eigenvalue weighted by molar-refractivity contribution is 6.30. The Bertz CT molecular complexity index is 638. The first kappa shape index (κ1) is 13.2. The molecule has 2 N–H and O–H groups in total. The van der Waals surface area contributed by atoms with Crippen LogP contribution in [0.3, 0.4) is 0 Å². The summed E-state index contributed by atoms with van der Waals surface area (Å²) in [5.41, 5.74) is 0.618. The highest BCUT2D eigenvalue weighted by atomic mass is 35.5. The molecule has 0 aliphatic rings. The number of aryl methyl sites for hydroxylation is 1. The standard InChI is InChI=1S/C12H10ClFN4O/c1-7-15-12(18-17-7)16-11(19)5-3-8-2-4-10(14)9(13)6-8/h2-6H,1H3,(H2,15,16,17,18,19)/b5-3+. The number of H-pyrrole nitrogens is 1. The van der Waals surface area contributed by atoms with E-state index in [9.17, 15) is 9.18 Å². The van der Waals surface area contributed by atoms with Crippen LogP contribution in [0.4, 0.5) is 10.3 Å². The van der Waals surface area contributed by atoms with Crippen molar-refractivity contribution < 1.29 is 9.18 Å². The van der Waals surface area contributed by atoms with Crippen molar-refractivity contribution in [3.05, 3.63) is 46.5 Å². The zero-order chi connectivity index (χ0) is 13.8. The minimum Gasteiger partial charge on any atom is -0.290 e. The van der Waals surface area contributed by atoms with Crippen molar-refractivity contribution in [2.75, 3.05) is 5.32 Å². The first-order chi connectivity index (χ1) is 9.04. The monoisotopic (exact) mass is 280 g/mol. The van der Waals surface area contributed by atoms with Crippen molar-refractivity contribution in [1.82, 2.24) is 15.2 Å². The minimum atomic E-state index is -0.500. The van der Waals surface area contributed by atoms with Gasteiger partial charge in [-0.15, -0.1) is 5.10 Å². The SMILES string of the molecule is Cc1nc(NC(=O)/C=C/c2ccc(F)c(Cl)c2)n[nH]1. The summed E-state index contributed by atoms with van der Waals surface area (Å²) >= 11 is 5.63. The Hall–Kier alpha value is -2.21. The fraction of sp³-hybridized carbons (Fsp3) is 0.0833. The summed E-state index contributed by atoms with van der Waals surface area (Å²) in [6, 6.07) is 4.18. The average Bonchev–Trinajstić information content (AvgIpc) is 2.76. The van der Waals surface area contributed by atoms with E-state index < -0.39 is 5.82 Å². The third-order valence-corrected chi connectivity index (χ3v) is 2.49. The van der Waals surface area contributed by atoms with E-state index in [1.54, 1.807) is 6.92 Å². The van der Waals surface area contributed by atoms with Crippen molar-refractivity contribution in [3.63, 3.8) is 0 Å². The molecule has 1 aromatic carbocycles. The summed E-state index contributed by atoms with van der Waals surface area (Å²) in [7, 11) is 0. The highest BCUT2D eigenvalue weighted by Gasteiger charge is 2.03. The van der Waals surface area contributed by atoms with E-state index in [2.05, 4.69) is 20.5 Å². The molecule has 0 radical (unpaired) electrons. The quantitative estimate of drug-likeness (QED) is 0.849. The number of carbonyl (C=O) groups excluding carboxylic acids is 1. The third kappa shape index (κ3) is 3.62. The van der Waals surface area contributed by atoms with Gasteiger partial charge in [-0.1, -0.05) is 17.7 Å². The number of amides is 1. The van der Waals surface area contributed by atoms with Gasteiger partial charge >= 0.3 is 0 Å². The van der Waals surface area contributed by atoms with Gasteiger partial charge in [-0.25, -0.2) is 4.39 Å². The van der Waals surface area contributed by atoms with Gasteiger partial charge in [0, 0.05) is 6.08 Å². The molecular weight excluding hydrogens is 271 g/mol. The maximum Gasteiger partial charge on any atom is 0.250 e. The smallest absolute Gasteiger partial charge is 0.250 e. The Morgan fingerprint density at radius 2 is 2.32 bits per heavy atom. The first-order valence-corrected chi connectivity index (χ1v) is 5.75. The molecule has 0 saturated carbocycles. The van der Waals surface area contributed by atoms with E-state index >= 15 is 0 Å². The molecule has 2 aromatic rings. The van der Waals surface area contributed by atoms with Crippen molar-refractivity contribution in [2.24, 2.45) is 0 Å². The molecule has 0 unspecified atom stereocenters. The highest BCUT2D eigenvalue weighted by Crippen LogP contribution is 2.16. The van der Waals surface area contributed by atoms with Crippen LogP contribution in [0.25, 0.3) is 6.08 Å². The largest absolute Gasteiger partial charge is 0.290 e. The van der Waals surface area contributed by atoms with Crippen molar-refractivity contribution in [2.45, 2.75) is 6.92 Å². The van der Waals surface area contributed by atoms with Crippen LogP contribution in [0, 0.1) is 12.7 Å². The Morgan fingerprint density at radius 1 is 1.53 bits per heavy atom. The molecule has 98 valence electrons. The number of carbonyl (C=O) groups is 1. The summed E-state index contributed by atoms with van der Waals surface area (Å²) in [5.74, 6) is -0.0900. The van der Waals surface area contributed by atoms with Crippen LogP contribution in [0.15, 0.2) is 24.3 Å². The Morgan fingerprint density at radius 3 is 2.95 bits per heavy atom. The predicted octanol–water partition coefficient (Wildman–Crippen LogP) is 2.56. The topological polar surface area (TPSA) is 70.7 Å². The molecule has 7 heteroatoms. The van der Waals surface area contributed by atoms with Crippen LogP contribution in [0.2, 0.25) is 5.02 Å². The van der Waals surface area contributed by atoms with E-state index in [-0.39, 0.29) is 16.9 Å². The van der Waals surface area contributed by atoms with Crippen LogP contribution in [-0.2, 0) is 4.79 Å². The zero-order valence-electron chi connectivity index (χ0n) is 9.95. The van der Waals surface area contributed by atoms with Crippen LogP contribution in [0.5, 0.6) is 0 Å². The summed E-state index contributed by atoms with van der Waals surface area (Å²) < 4.78 is 12.9. The number of hydrogen-bond donors (Lipinski definition) is 2. The maximum atomic E-state index is 12.9. The molecule has 1 heterocycles. The van der Waals surface area contributed by atoms with Crippen molar-refractivity contribution >= 4 is 29.5 Å². The number of aromatic amines is 1. The van der Waals surface area contributed by atoms with Gasteiger partial charge in [0.1, 0.15) is 11.6 Å². The van der Waals surface area contributed by atoms with E-state index in [4.69, 9.17) is 11.6 Å². The molecule has 0 saturated heterocycles. The summed E-state index contributed by atoms with van der Waals surface area (Å²) in [4.78, 5) is 15.5. The molecular formula is C12H10ClFN4O. The molecule has 0 aliphatic carbocycles. The van der Waals surface area contributed by atoms with Crippen LogP contribution < -0.4 is 5.32 Å². The Balaban J connectivity index is 2.01. The second kappa shape index (κ2) is 5.62. The van der Waals surface area contributed by atoms with Crippen molar-refractivity contribution in [3.8, 4) is 0 Å². The van der Waals surface area contributed by atoms with Crippen LogP contribution >= 0.6 is 11.6 Å². The van der Waals surface area contributed by atoms with Crippen LogP contribution in [-0.4, -0.2) is 21.1 Å². The van der Waals surface area contributed by atoms with E-state index in [0.717, 1.165) is 0 Å². The van der Waals surface area contributed by atoms with Crippen molar-refractivity contribution in [1.29, 1.82) is 0 Å². The number of rotatable bonds is 3. The molecule has 0 bridgehead atoms. The number of anilines is 1. The molecule has 19 heavy (non-hydrogen) atoms. The lowest BCUT2D eigenvalue weighted by molar-refractivity contribution is -0.111. The molecule has 0 spiro atoms. The molecule has 2 rings (SSSR count). The fourth-order valence-corrected chi connectivity index (χ4v) is 1.53. The maximum absolute atomic E-state index is 12.9. The lowest BCUT2D eigenvalue weighted by Crippen LogP contribution is -2.09. The second-order valence-electron chi connectivity index (χ2n) is 3.74. The van der Waals surface area contributed by atoms with Gasteiger partial charge in [0.15, 0.2) is 0 Å². The number of hydrogen-bond acceptors (Lipinski definition) is 3. The van der Waals surface area contributed by atoms with Gasteiger partial charge < -0.3 is 0 Å². The number of benzene rings is 1. The van der Waals surface area contributed by atoms with Gasteiger partial charge in [-0.3, -0.25) is 15.2 Å². The summed E-state index contributed by atoms with van der Waals surface area (Å²) in [6.45, 7) is 1.72. The Labute approximate surface area is 113 Å². The summed E-state index contributed by atoms with van der Waals surface area (Å²) in [5, 5.41) is 8.85. The predicted molar refractivity (Wildman–Crippen MR) is 70.2 cm³/mol. The number of halogens is 2. The number of nitrogens with one attached hydrogen (secondary N) is 2. The van der Waals surface area contributed by atoms with Gasteiger partial charge in [0.2, 0.25) is 5.95 Å². The zero-order valence-corrected chi connectivity index (χ0v) is 10.7. The van der Waals surface area contributed by atoms with Gasteiger partial charge in [-0.05, 0) is 30.7 Å². The fourth-order valence-electron chi connectivity index (χ4n) is 1.34. The number of aromatic nitrogens is 3. The molecule has 0 fully saturated rings. The van der Waals surface area contributed by atoms with E-state index in [0.29, 0.717) is 11.4 Å². The first-order valence-electron chi connectivity index (χ1n) is 5.38. The number of nitrogens with zero attached hydrogens (tertiary/aromatic N) is 2. The van der Waals surface area contributed by atoms with E-state index in [1.807, 2.05) is 0 Å². The Kier molecular flexibility index (Phi) is 3.91. The second-order valence-corrected chi connectivity index (χ2v) is 4.15. The molecule has 1 amide bonds. The molecule has 0 aliphatic heterocycles. The lowest BCUT2D eigenvalue weighted by atomic mass is 10.2. The average molecular weight is 281 g/mol. The minimum absolute atomic E-state index is 0.00662. The molecule has 0 atom stereocenters. The van der Waals surface area contributed by atoms with E-state index in [1.165, 1.54) is 30.4 Å². The normalized spacial score (nSPS) is 10.9. The van der Waals surface area contributed by atoms with Gasteiger partial charge in [0.05, 0.1) is 5.02 Å². The molecule has 5 nitrogen and oxygen atoms in total. The van der Waals surface area contributed by atoms with Gasteiger partial charge in [0.25, 0.3) is 5.91 Å². The third-order valence-electron chi connectivity index (χ3n) is 2.20. The summed E-state index contributed by atoms with van der Waals surface area (Å²) in [6.07, 6.45) is 2.80. The molecule has 1 aromatic heterocycles. The lowest BCUT2D eigenvalue weighted by Gasteiger charge is -1.97.